The molecule has 0 saturated carbocycles. The van der Waals surface area contributed by atoms with Crippen LogP contribution in [0.2, 0.25) is 10.0 Å². The van der Waals surface area contributed by atoms with Gasteiger partial charge in [0.05, 0.1) is 29.1 Å². The molecule has 0 radical (unpaired) electrons. The van der Waals surface area contributed by atoms with E-state index in [2.05, 4.69) is 10.3 Å². The van der Waals surface area contributed by atoms with Gasteiger partial charge in [-0.15, -0.1) is 0 Å². The number of nitrogens with two attached hydrogens (primary N) is 1. The number of nitrogens with one attached hydrogen (secondary N) is 1. The van der Waals surface area contributed by atoms with E-state index in [0.29, 0.717) is 5.56 Å². The first kappa shape index (κ1) is 25.1. The summed E-state index contributed by atoms with van der Waals surface area (Å²) in [6, 6.07) is 11.7. The molecule has 1 amide bonds. The van der Waals surface area contributed by atoms with Crippen molar-refractivity contribution in [3.8, 4) is 11.8 Å². The molecule has 0 fully saturated rings. The molecule has 34 heavy (non-hydrogen) atoms. The van der Waals surface area contributed by atoms with Crippen LogP contribution in [0.1, 0.15) is 27.0 Å². The number of ether oxygens (including phenoxy) is 1. The van der Waals surface area contributed by atoms with Crippen LogP contribution in [0.4, 0.5) is 5.69 Å². The number of benzene rings is 2. The third-order valence-corrected chi connectivity index (χ3v) is 5.74. The maximum Gasteiger partial charge on any atom is 0.262 e. The summed E-state index contributed by atoms with van der Waals surface area (Å²) in [6.45, 7) is 1.10. The lowest BCUT2D eigenvalue weighted by Gasteiger charge is -2.13. The molecule has 0 spiro atoms. The van der Waals surface area contributed by atoms with Crippen LogP contribution in [-0.4, -0.2) is 31.7 Å². The fourth-order valence-electron chi connectivity index (χ4n) is 2.89. The zero-order valence-electron chi connectivity index (χ0n) is 17.5. The van der Waals surface area contributed by atoms with Crippen LogP contribution in [0.25, 0.3) is 0 Å². The predicted octanol–water partition coefficient (Wildman–Crippen LogP) is 3.46. The van der Waals surface area contributed by atoms with Crippen molar-refractivity contribution < 1.29 is 22.7 Å². The van der Waals surface area contributed by atoms with Crippen molar-refractivity contribution in [2.24, 2.45) is 5.14 Å². The van der Waals surface area contributed by atoms with Crippen LogP contribution < -0.4 is 15.2 Å². The molecule has 174 valence electrons. The first-order chi connectivity index (χ1) is 16.0. The number of nitrogens with zero attached hydrogens (tertiary/aromatic N) is 2. The van der Waals surface area contributed by atoms with Crippen molar-refractivity contribution >= 4 is 50.6 Å². The summed E-state index contributed by atoms with van der Waals surface area (Å²) >= 11 is 12.0. The topological polar surface area (TPSA) is 152 Å². The number of pyridine rings is 1. The fourth-order valence-corrected chi connectivity index (χ4v) is 3.84. The van der Waals surface area contributed by atoms with E-state index in [1.165, 1.54) is 42.5 Å². The summed E-state index contributed by atoms with van der Waals surface area (Å²) in [5.74, 6) is -1.01. The minimum absolute atomic E-state index is 0.0711. The van der Waals surface area contributed by atoms with Crippen molar-refractivity contribution in [1.82, 2.24) is 4.98 Å². The molecule has 12 heteroatoms. The molecule has 3 N–H and O–H groups in total. The Kier molecular flexibility index (Phi) is 7.54. The summed E-state index contributed by atoms with van der Waals surface area (Å²) in [5, 5.41) is 16.9. The van der Waals surface area contributed by atoms with Crippen LogP contribution in [0.3, 0.4) is 0 Å². The monoisotopic (exact) mass is 518 g/mol. The second kappa shape index (κ2) is 10.2. The van der Waals surface area contributed by atoms with Gasteiger partial charge in [0.25, 0.3) is 15.9 Å². The summed E-state index contributed by atoms with van der Waals surface area (Å²) in [7, 11) is -3.98. The number of amides is 1. The Hall–Kier alpha value is -3.49. The largest absolute Gasteiger partial charge is 0.483 e. The minimum Gasteiger partial charge on any atom is -0.483 e. The van der Waals surface area contributed by atoms with Crippen LogP contribution in [-0.2, 0) is 14.8 Å². The Morgan fingerprint density at radius 3 is 2.53 bits per heavy atom. The minimum atomic E-state index is -3.98. The highest BCUT2D eigenvalue weighted by Gasteiger charge is 2.18. The summed E-state index contributed by atoms with van der Waals surface area (Å²) < 4.78 is 28.3. The maximum atomic E-state index is 13.1. The zero-order chi connectivity index (χ0) is 25.0. The number of aromatic nitrogens is 1. The number of primary sulfonamides is 1. The van der Waals surface area contributed by atoms with Crippen LogP contribution in [0.5, 0.6) is 5.75 Å². The highest BCUT2D eigenvalue weighted by Crippen LogP contribution is 2.27. The third-order valence-electron chi connectivity index (χ3n) is 4.49. The van der Waals surface area contributed by atoms with Crippen LogP contribution >= 0.6 is 23.2 Å². The molecule has 3 rings (SSSR count). The zero-order valence-corrected chi connectivity index (χ0v) is 19.8. The molecule has 0 aliphatic heterocycles. The van der Waals surface area contributed by atoms with E-state index in [0.717, 1.165) is 6.20 Å². The molecular weight excluding hydrogens is 503 g/mol. The molecule has 0 aliphatic carbocycles. The maximum absolute atomic E-state index is 13.1. The number of halogens is 2. The number of aryl methyl sites for hydroxylation is 1. The van der Waals surface area contributed by atoms with Gasteiger partial charge in [-0.05, 0) is 55.0 Å². The molecule has 1 heterocycles. The van der Waals surface area contributed by atoms with E-state index in [9.17, 15) is 18.0 Å². The lowest BCUT2D eigenvalue weighted by atomic mass is 10.0. The molecule has 0 bridgehead atoms. The molecule has 0 aliphatic rings. The fraction of sp³-hybridized carbons (Fsp3) is 0.0909. The molecule has 0 unspecified atom stereocenters. The molecule has 0 saturated heterocycles. The number of carbonyl (C=O) groups is 2. The number of nitriles is 1. The number of sulfonamides is 1. The van der Waals surface area contributed by atoms with Gasteiger partial charge in [-0.3, -0.25) is 9.59 Å². The number of hydrogen-bond acceptors (Lipinski definition) is 7. The molecule has 2 aromatic carbocycles. The van der Waals surface area contributed by atoms with Gasteiger partial charge < -0.3 is 10.1 Å². The van der Waals surface area contributed by atoms with Crippen LogP contribution in [0, 0.1) is 18.3 Å². The predicted molar refractivity (Wildman–Crippen MR) is 126 cm³/mol. The summed E-state index contributed by atoms with van der Waals surface area (Å²) in [6.07, 6.45) is 1.16. The first-order valence-corrected chi connectivity index (χ1v) is 11.7. The Balaban J connectivity index is 1.78. The second-order valence-corrected chi connectivity index (χ2v) is 9.41. The van der Waals surface area contributed by atoms with Gasteiger partial charge in [0.2, 0.25) is 0 Å². The van der Waals surface area contributed by atoms with Gasteiger partial charge in [0.15, 0.2) is 17.4 Å². The van der Waals surface area contributed by atoms with Gasteiger partial charge in [-0.25, -0.2) is 18.5 Å². The van der Waals surface area contributed by atoms with Crippen molar-refractivity contribution in [2.75, 3.05) is 11.9 Å². The van der Waals surface area contributed by atoms with Crippen LogP contribution in [0.15, 0.2) is 53.7 Å². The van der Waals surface area contributed by atoms with Crippen molar-refractivity contribution in [3.05, 3.63) is 81.0 Å². The second-order valence-electron chi connectivity index (χ2n) is 7.03. The lowest BCUT2D eigenvalue weighted by Crippen LogP contribution is -2.22. The molecule has 3 aromatic rings. The number of carbonyl (C=O) groups excluding carboxylic acids is 2. The number of ketones is 1. The SMILES string of the molecule is Cc1cc(S(N)(=O)=O)ncc1NC(=O)COc1ccc(Cl)cc1C(=O)c1cc(Cl)cc(C#N)c1. The normalized spacial score (nSPS) is 10.9. The van der Waals surface area contributed by atoms with Gasteiger partial charge in [0.1, 0.15) is 5.75 Å². The molecule has 9 nitrogen and oxygen atoms in total. The van der Waals surface area contributed by atoms with Gasteiger partial charge in [-0.2, -0.15) is 5.26 Å². The Labute approximate surface area is 205 Å². The standard InChI is InChI=1S/C22H16Cl2N4O5S/c1-12-4-21(34(26,31)32)27-10-18(12)28-20(29)11-33-19-3-2-15(23)8-17(19)22(30)14-5-13(9-25)6-16(24)7-14/h2-8,10H,11H2,1H3,(H,28,29)(H2,26,31,32). The quantitative estimate of drug-likeness (QED) is 0.454. The van der Waals surface area contributed by atoms with E-state index in [1.54, 1.807) is 6.92 Å². The third kappa shape index (κ3) is 6.09. The molecule has 1 aromatic heterocycles. The highest BCUT2D eigenvalue weighted by molar-refractivity contribution is 7.89. The van der Waals surface area contributed by atoms with Crippen molar-refractivity contribution in [1.29, 1.82) is 5.26 Å². The smallest absolute Gasteiger partial charge is 0.262 e. The van der Waals surface area contributed by atoms with E-state index < -0.39 is 28.3 Å². The lowest BCUT2D eigenvalue weighted by molar-refractivity contribution is -0.118. The summed E-state index contributed by atoms with van der Waals surface area (Å²) in [4.78, 5) is 29.2. The Bertz CT molecular complexity index is 1450. The molecular formula is C22H16Cl2N4O5S. The van der Waals surface area contributed by atoms with E-state index in [1.807, 2.05) is 6.07 Å². The molecule has 0 atom stereocenters. The highest BCUT2D eigenvalue weighted by atomic mass is 35.5. The van der Waals surface area contributed by atoms with E-state index >= 15 is 0 Å². The van der Waals surface area contributed by atoms with Gasteiger partial charge >= 0.3 is 0 Å². The van der Waals surface area contributed by atoms with E-state index in [4.69, 9.17) is 38.3 Å². The van der Waals surface area contributed by atoms with Crippen molar-refractivity contribution in [2.45, 2.75) is 11.9 Å². The average molecular weight is 519 g/mol. The Morgan fingerprint density at radius 2 is 1.88 bits per heavy atom. The average Bonchev–Trinajstić information content (AvgIpc) is 2.77. The number of rotatable bonds is 7. The Morgan fingerprint density at radius 1 is 1.15 bits per heavy atom. The van der Waals surface area contributed by atoms with Gasteiger partial charge in [-0.1, -0.05) is 23.2 Å². The number of hydrogen-bond donors (Lipinski definition) is 2. The first-order valence-electron chi connectivity index (χ1n) is 9.45. The summed E-state index contributed by atoms with van der Waals surface area (Å²) in [5.41, 5.74) is 1.11. The van der Waals surface area contributed by atoms with Crippen molar-refractivity contribution in [3.63, 3.8) is 0 Å². The number of anilines is 1. The van der Waals surface area contributed by atoms with E-state index in [-0.39, 0.29) is 43.2 Å². The van der Waals surface area contributed by atoms with Gasteiger partial charge in [0, 0.05) is 15.6 Å².